The predicted molar refractivity (Wildman–Crippen MR) is 108 cm³/mol. The topological polar surface area (TPSA) is 60.2 Å². The lowest BCUT2D eigenvalue weighted by atomic mass is 10.2. The van der Waals surface area contributed by atoms with Crippen LogP contribution in [0.2, 0.25) is 0 Å². The van der Waals surface area contributed by atoms with E-state index in [0.29, 0.717) is 11.4 Å². The van der Waals surface area contributed by atoms with E-state index in [9.17, 15) is 4.79 Å². The van der Waals surface area contributed by atoms with Crippen molar-refractivity contribution in [1.29, 1.82) is 0 Å². The SMILES string of the molecule is O=c1cc(CSc2ncnc3sc4c(c23)CCC4)nc2ccc(Br)cn12. The van der Waals surface area contributed by atoms with Crippen LogP contribution in [-0.4, -0.2) is 19.4 Å². The second kappa shape index (κ2) is 6.44. The Morgan fingerprint density at radius 1 is 1.27 bits per heavy atom. The molecule has 0 aliphatic heterocycles. The summed E-state index contributed by atoms with van der Waals surface area (Å²) in [7, 11) is 0. The molecule has 0 bridgehead atoms. The quantitative estimate of drug-likeness (QED) is 0.349. The number of pyridine rings is 1. The molecule has 0 amide bonds. The molecule has 0 saturated carbocycles. The summed E-state index contributed by atoms with van der Waals surface area (Å²) in [5, 5.41) is 2.20. The Balaban J connectivity index is 1.50. The molecule has 0 N–H and O–H groups in total. The van der Waals surface area contributed by atoms with Gasteiger partial charge in [0.15, 0.2) is 0 Å². The summed E-state index contributed by atoms with van der Waals surface area (Å²) in [5.41, 5.74) is 2.77. The maximum absolute atomic E-state index is 12.4. The third-order valence-corrected chi connectivity index (χ3v) is 7.19. The van der Waals surface area contributed by atoms with Crippen LogP contribution in [0.25, 0.3) is 15.9 Å². The number of hydrogen-bond acceptors (Lipinski definition) is 6. The second-order valence-corrected chi connectivity index (χ2v) is 9.13. The van der Waals surface area contributed by atoms with E-state index in [-0.39, 0.29) is 5.56 Å². The van der Waals surface area contributed by atoms with Crippen molar-refractivity contribution < 1.29 is 0 Å². The number of aryl methyl sites for hydroxylation is 2. The van der Waals surface area contributed by atoms with Gasteiger partial charge in [0.05, 0.1) is 5.69 Å². The minimum Gasteiger partial charge on any atom is -0.269 e. The Labute approximate surface area is 165 Å². The van der Waals surface area contributed by atoms with Crippen molar-refractivity contribution in [3.63, 3.8) is 0 Å². The van der Waals surface area contributed by atoms with Gasteiger partial charge in [-0.2, -0.15) is 0 Å². The van der Waals surface area contributed by atoms with E-state index in [4.69, 9.17) is 0 Å². The van der Waals surface area contributed by atoms with Gasteiger partial charge in [-0.15, -0.1) is 11.3 Å². The largest absolute Gasteiger partial charge is 0.269 e. The second-order valence-electron chi connectivity index (χ2n) is 6.17. The van der Waals surface area contributed by atoms with Crippen LogP contribution in [-0.2, 0) is 18.6 Å². The van der Waals surface area contributed by atoms with Gasteiger partial charge in [0, 0.05) is 32.8 Å². The summed E-state index contributed by atoms with van der Waals surface area (Å²) < 4.78 is 2.40. The average Bonchev–Trinajstić information content (AvgIpc) is 3.21. The van der Waals surface area contributed by atoms with Gasteiger partial charge in [-0.05, 0) is 52.9 Å². The zero-order valence-corrected chi connectivity index (χ0v) is 16.8. The first-order valence-electron chi connectivity index (χ1n) is 8.25. The lowest BCUT2D eigenvalue weighted by Crippen LogP contribution is -2.15. The number of nitrogens with zero attached hydrogens (tertiary/aromatic N) is 4. The number of aromatic nitrogens is 4. The van der Waals surface area contributed by atoms with Crippen molar-refractivity contribution in [3.05, 3.63) is 61.7 Å². The Kier molecular flexibility index (Phi) is 4.06. The molecule has 0 fully saturated rings. The van der Waals surface area contributed by atoms with Crippen molar-refractivity contribution in [2.24, 2.45) is 0 Å². The Hall–Kier alpha value is -1.77. The highest BCUT2D eigenvalue weighted by molar-refractivity contribution is 9.10. The number of hydrogen-bond donors (Lipinski definition) is 0. The number of thioether (sulfide) groups is 1. The Morgan fingerprint density at radius 2 is 2.19 bits per heavy atom. The molecule has 5 nitrogen and oxygen atoms in total. The number of fused-ring (bicyclic) bond motifs is 4. The highest BCUT2D eigenvalue weighted by atomic mass is 79.9. The molecule has 0 spiro atoms. The van der Waals surface area contributed by atoms with E-state index in [0.717, 1.165) is 32.9 Å². The lowest BCUT2D eigenvalue weighted by molar-refractivity contribution is 0.915. The molecule has 1 aliphatic carbocycles. The highest BCUT2D eigenvalue weighted by Crippen LogP contribution is 2.40. The highest BCUT2D eigenvalue weighted by Gasteiger charge is 2.21. The number of thiophene rings is 1. The standard InChI is InChI=1S/C18H13BrN4OS2/c19-10-4-5-14-22-11(6-15(24)23(14)7-10)8-25-17-16-12-2-1-3-13(12)26-18(16)21-9-20-17/h4-7,9H,1-3,8H2. The van der Waals surface area contributed by atoms with Crippen LogP contribution in [0, 0.1) is 0 Å². The van der Waals surface area contributed by atoms with Gasteiger partial charge in [-0.25, -0.2) is 15.0 Å². The van der Waals surface area contributed by atoms with E-state index in [1.807, 2.05) is 12.1 Å². The molecule has 0 radical (unpaired) electrons. The molecular weight excluding hydrogens is 432 g/mol. The molecule has 4 aromatic rings. The Morgan fingerprint density at radius 3 is 3.12 bits per heavy atom. The molecule has 4 aromatic heterocycles. The molecule has 0 aromatic carbocycles. The van der Waals surface area contributed by atoms with Crippen molar-refractivity contribution in [2.75, 3.05) is 0 Å². The van der Waals surface area contributed by atoms with Crippen LogP contribution in [0.3, 0.4) is 0 Å². The minimum absolute atomic E-state index is 0.0730. The van der Waals surface area contributed by atoms with Crippen LogP contribution in [0.1, 0.15) is 22.6 Å². The first-order valence-corrected chi connectivity index (χ1v) is 10.8. The lowest BCUT2D eigenvalue weighted by Gasteiger charge is -2.06. The summed E-state index contributed by atoms with van der Waals surface area (Å²) in [6, 6.07) is 5.33. The van der Waals surface area contributed by atoms with Gasteiger partial charge in [0.2, 0.25) is 0 Å². The van der Waals surface area contributed by atoms with Crippen LogP contribution in [0.4, 0.5) is 0 Å². The van der Waals surface area contributed by atoms with Gasteiger partial charge in [-0.3, -0.25) is 9.20 Å². The van der Waals surface area contributed by atoms with Crippen molar-refractivity contribution in [3.8, 4) is 0 Å². The van der Waals surface area contributed by atoms with Crippen LogP contribution >= 0.6 is 39.0 Å². The zero-order valence-electron chi connectivity index (χ0n) is 13.6. The van der Waals surface area contributed by atoms with Crippen molar-refractivity contribution in [1.82, 2.24) is 19.4 Å². The van der Waals surface area contributed by atoms with E-state index < -0.39 is 0 Å². The summed E-state index contributed by atoms with van der Waals surface area (Å²) in [6.07, 6.45) is 6.86. The van der Waals surface area contributed by atoms with Crippen LogP contribution < -0.4 is 5.56 Å². The van der Waals surface area contributed by atoms with Gasteiger partial charge < -0.3 is 0 Å². The first kappa shape index (κ1) is 16.4. The van der Waals surface area contributed by atoms with Crippen LogP contribution in [0.5, 0.6) is 0 Å². The molecule has 4 heterocycles. The molecule has 0 saturated heterocycles. The van der Waals surface area contributed by atoms with E-state index >= 15 is 0 Å². The monoisotopic (exact) mass is 444 g/mol. The van der Waals surface area contributed by atoms with E-state index in [2.05, 4.69) is 30.9 Å². The number of halogens is 1. The van der Waals surface area contributed by atoms with Crippen molar-refractivity contribution >= 4 is 54.9 Å². The molecule has 130 valence electrons. The van der Waals surface area contributed by atoms with Gasteiger partial charge in [-0.1, -0.05) is 11.8 Å². The molecule has 8 heteroatoms. The smallest absolute Gasteiger partial charge is 0.258 e. The van der Waals surface area contributed by atoms with Gasteiger partial charge in [0.1, 0.15) is 21.8 Å². The zero-order chi connectivity index (χ0) is 17.7. The average molecular weight is 445 g/mol. The predicted octanol–water partition coefficient (Wildman–Crippen LogP) is 4.24. The molecule has 1 aliphatic rings. The molecule has 26 heavy (non-hydrogen) atoms. The van der Waals surface area contributed by atoms with E-state index in [1.165, 1.54) is 22.2 Å². The maximum atomic E-state index is 12.4. The Bertz CT molecular complexity index is 1220. The van der Waals surface area contributed by atoms with Gasteiger partial charge >= 0.3 is 0 Å². The summed E-state index contributed by atoms with van der Waals surface area (Å²) in [4.78, 5) is 28.4. The van der Waals surface area contributed by atoms with Gasteiger partial charge in [0.25, 0.3) is 5.56 Å². The fourth-order valence-electron chi connectivity index (χ4n) is 3.35. The fourth-order valence-corrected chi connectivity index (χ4v) is 5.90. The fraction of sp³-hybridized carbons (Fsp3) is 0.222. The minimum atomic E-state index is -0.0730. The third-order valence-electron chi connectivity index (χ3n) is 4.50. The molecule has 0 atom stereocenters. The summed E-state index contributed by atoms with van der Waals surface area (Å²) in [6.45, 7) is 0. The van der Waals surface area contributed by atoms with E-state index in [1.54, 1.807) is 46.1 Å². The summed E-state index contributed by atoms with van der Waals surface area (Å²) in [5.74, 6) is 0.610. The molecular formula is C18H13BrN4OS2. The van der Waals surface area contributed by atoms with Crippen molar-refractivity contribution in [2.45, 2.75) is 30.0 Å². The third kappa shape index (κ3) is 2.76. The van der Waals surface area contributed by atoms with Crippen LogP contribution in [0.15, 0.2) is 45.0 Å². The number of rotatable bonds is 3. The normalized spacial score (nSPS) is 13.6. The first-order chi connectivity index (χ1) is 12.7. The maximum Gasteiger partial charge on any atom is 0.258 e. The molecule has 5 rings (SSSR count). The summed E-state index contributed by atoms with van der Waals surface area (Å²) >= 11 is 6.80. The molecule has 0 unspecified atom stereocenters.